The fraction of sp³-hybridized carbons (Fsp3) is 0.294. The molecule has 106 valence electrons. The number of nitrogens with one attached hydrogen (secondary N) is 1. The molecule has 4 nitrogen and oxygen atoms in total. The molecular weight excluding hydrogens is 260 g/mol. The number of para-hydroxylation sites is 1. The van der Waals surface area contributed by atoms with Crippen molar-refractivity contribution < 1.29 is 0 Å². The van der Waals surface area contributed by atoms with Gasteiger partial charge in [-0.15, -0.1) is 0 Å². The van der Waals surface area contributed by atoms with Crippen LogP contribution in [0.5, 0.6) is 0 Å². The maximum absolute atomic E-state index is 9.10. The molecule has 1 aliphatic rings. The van der Waals surface area contributed by atoms with Gasteiger partial charge in [-0.3, -0.25) is 0 Å². The topological polar surface area (TPSA) is 52.0 Å². The molecule has 0 aliphatic carbocycles. The fourth-order valence-corrected chi connectivity index (χ4v) is 2.74. The van der Waals surface area contributed by atoms with E-state index in [-0.39, 0.29) is 0 Å². The van der Waals surface area contributed by atoms with Crippen molar-refractivity contribution in [2.24, 2.45) is 0 Å². The second-order valence-electron chi connectivity index (χ2n) is 5.19. The van der Waals surface area contributed by atoms with Crippen molar-refractivity contribution in [1.29, 1.82) is 5.26 Å². The monoisotopic (exact) mass is 278 g/mol. The lowest BCUT2D eigenvalue weighted by Crippen LogP contribution is -2.20. The van der Waals surface area contributed by atoms with Gasteiger partial charge in [-0.2, -0.15) is 5.26 Å². The summed E-state index contributed by atoms with van der Waals surface area (Å²) < 4.78 is 0. The van der Waals surface area contributed by atoms with Crippen LogP contribution in [0, 0.1) is 11.3 Å². The van der Waals surface area contributed by atoms with E-state index in [2.05, 4.69) is 45.5 Å². The summed E-state index contributed by atoms with van der Waals surface area (Å²) in [5, 5.41) is 12.4. The summed E-state index contributed by atoms with van der Waals surface area (Å²) in [6.07, 6.45) is 4.23. The van der Waals surface area contributed by atoms with E-state index in [0.717, 1.165) is 13.1 Å². The Balaban J connectivity index is 1.78. The molecule has 0 amide bonds. The molecule has 1 aromatic heterocycles. The van der Waals surface area contributed by atoms with Crippen molar-refractivity contribution in [3.05, 3.63) is 53.7 Å². The van der Waals surface area contributed by atoms with E-state index >= 15 is 0 Å². The molecule has 2 heterocycles. The number of rotatable bonds is 4. The molecule has 4 heteroatoms. The summed E-state index contributed by atoms with van der Waals surface area (Å²) in [5.74, 6) is 0.649. The summed E-state index contributed by atoms with van der Waals surface area (Å²) in [6, 6.07) is 14.2. The van der Waals surface area contributed by atoms with Crippen molar-refractivity contribution in [1.82, 2.24) is 4.98 Å². The molecule has 0 atom stereocenters. The van der Waals surface area contributed by atoms with Crippen molar-refractivity contribution in [3.8, 4) is 6.07 Å². The second kappa shape index (κ2) is 6.27. The Morgan fingerprint density at radius 1 is 1.14 bits per heavy atom. The first-order valence-electron chi connectivity index (χ1n) is 7.30. The molecule has 0 spiro atoms. The largest absolute Gasteiger partial charge is 0.371 e. The van der Waals surface area contributed by atoms with Gasteiger partial charge < -0.3 is 10.2 Å². The third kappa shape index (κ3) is 2.97. The number of nitriles is 1. The first-order chi connectivity index (χ1) is 10.4. The number of pyridine rings is 1. The summed E-state index contributed by atoms with van der Waals surface area (Å²) >= 11 is 0. The zero-order valence-corrected chi connectivity index (χ0v) is 11.9. The number of hydrogen-bond acceptors (Lipinski definition) is 4. The minimum Gasteiger partial charge on any atom is -0.371 e. The summed E-state index contributed by atoms with van der Waals surface area (Å²) in [5.41, 5.74) is 3.11. The van der Waals surface area contributed by atoms with E-state index in [1.54, 1.807) is 18.3 Å². The van der Waals surface area contributed by atoms with Crippen LogP contribution in [0.1, 0.15) is 24.0 Å². The van der Waals surface area contributed by atoms with Crippen LogP contribution in [0.4, 0.5) is 11.5 Å². The number of nitrogens with zero attached hydrogens (tertiary/aromatic N) is 3. The van der Waals surface area contributed by atoms with Crippen LogP contribution >= 0.6 is 0 Å². The second-order valence-corrected chi connectivity index (χ2v) is 5.19. The predicted molar refractivity (Wildman–Crippen MR) is 84.2 cm³/mol. The van der Waals surface area contributed by atoms with E-state index in [1.165, 1.54) is 24.1 Å². The zero-order chi connectivity index (χ0) is 14.5. The summed E-state index contributed by atoms with van der Waals surface area (Å²) in [6.45, 7) is 2.94. The molecular formula is C17H18N4. The molecule has 1 aliphatic heterocycles. The minimum absolute atomic E-state index is 0.580. The molecule has 0 saturated carbocycles. The molecule has 1 aromatic carbocycles. The van der Waals surface area contributed by atoms with Crippen LogP contribution in [-0.4, -0.2) is 18.1 Å². The Kier molecular flexibility index (Phi) is 4.02. The van der Waals surface area contributed by atoms with Crippen molar-refractivity contribution in [2.45, 2.75) is 19.4 Å². The lowest BCUT2D eigenvalue weighted by Gasteiger charge is -2.21. The summed E-state index contributed by atoms with van der Waals surface area (Å²) in [4.78, 5) is 6.68. The molecule has 1 N–H and O–H groups in total. The van der Waals surface area contributed by atoms with Crippen molar-refractivity contribution in [2.75, 3.05) is 23.3 Å². The molecule has 0 radical (unpaired) electrons. The minimum atomic E-state index is 0.580. The Morgan fingerprint density at radius 3 is 2.76 bits per heavy atom. The predicted octanol–water partition coefficient (Wildman–Crippen LogP) is 3.17. The number of aromatic nitrogens is 1. The van der Waals surface area contributed by atoms with Crippen LogP contribution in [0.2, 0.25) is 0 Å². The molecule has 2 aromatic rings. The van der Waals surface area contributed by atoms with Crippen molar-refractivity contribution in [3.63, 3.8) is 0 Å². The van der Waals surface area contributed by atoms with Crippen LogP contribution in [-0.2, 0) is 6.54 Å². The van der Waals surface area contributed by atoms with Gasteiger partial charge in [0.15, 0.2) is 0 Å². The maximum atomic E-state index is 9.10. The van der Waals surface area contributed by atoms with Crippen molar-refractivity contribution >= 4 is 11.5 Å². The highest BCUT2D eigenvalue weighted by atomic mass is 15.1. The molecule has 1 saturated heterocycles. The van der Waals surface area contributed by atoms with E-state index in [0.29, 0.717) is 17.9 Å². The molecule has 0 bridgehead atoms. The van der Waals surface area contributed by atoms with Gasteiger partial charge in [-0.05, 0) is 36.6 Å². The standard InChI is InChI=1S/C17H18N4/c18-12-14-7-5-9-19-17(14)20-13-15-6-1-2-8-16(15)21-10-3-4-11-21/h1-2,5-9H,3-4,10-11,13H2,(H,19,20). The van der Waals surface area contributed by atoms with E-state index in [9.17, 15) is 0 Å². The maximum Gasteiger partial charge on any atom is 0.144 e. The highest BCUT2D eigenvalue weighted by molar-refractivity contribution is 5.57. The van der Waals surface area contributed by atoms with Crippen LogP contribution in [0.3, 0.4) is 0 Å². The van der Waals surface area contributed by atoms with Crippen LogP contribution in [0.15, 0.2) is 42.6 Å². The Morgan fingerprint density at radius 2 is 1.95 bits per heavy atom. The van der Waals surface area contributed by atoms with E-state index in [1.807, 2.05) is 0 Å². The summed E-state index contributed by atoms with van der Waals surface area (Å²) in [7, 11) is 0. The zero-order valence-electron chi connectivity index (χ0n) is 11.9. The molecule has 21 heavy (non-hydrogen) atoms. The first-order valence-corrected chi connectivity index (χ1v) is 7.30. The fourth-order valence-electron chi connectivity index (χ4n) is 2.74. The van der Waals surface area contributed by atoms with Gasteiger partial charge in [-0.1, -0.05) is 18.2 Å². The van der Waals surface area contributed by atoms with Gasteiger partial charge in [-0.25, -0.2) is 4.98 Å². The van der Waals surface area contributed by atoms with E-state index < -0.39 is 0 Å². The number of hydrogen-bond donors (Lipinski definition) is 1. The third-order valence-electron chi connectivity index (χ3n) is 3.81. The van der Waals surface area contributed by atoms with E-state index in [4.69, 9.17) is 5.26 Å². The van der Waals surface area contributed by atoms with Gasteiger partial charge in [0.2, 0.25) is 0 Å². The van der Waals surface area contributed by atoms with Crippen LogP contribution in [0.25, 0.3) is 0 Å². The Labute approximate surface area is 125 Å². The first kappa shape index (κ1) is 13.4. The highest BCUT2D eigenvalue weighted by Gasteiger charge is 2.15. The lowest BCUT2D eigenvalue weighted by atomic mass is 10.1. The highest BCUT2D eigenvalue weighted by Crippen LogP contribution is 2.25. The van der Waals surface area contributed by atoms with Gasteiger partial charge in [0, 0.05) is 31.5 Å². The number of benzene rings is 1. The van der Waals surface area contributed by atoms with Gasteiger partial charge in [0.05, 0.1) is 5.56 Å². The van der Waals surface area contributed by atoms with Crippen LogP contribution < -0.4 is 10.2 Å². The Hall–Kier alpha value is -2.54. The smallest absolute Gasteiger partial charge is 0.144 e. The average Bonchev–Trinajstić information content (AvgIpc) is 3.08. The molecule has 3 rings (SSSR count). The Bertz CT molecular complexity index is 654. The lowest BCUT2D eigenvalue weighted by molar-refractivity contribution is 0.948. The van der Waals surface area contributed by atoms with Gasteiger partial charge in [0.25, 0.3) is 0 Å². The molecule has 1 fully saturated rings. The van der Waals surface area contributed by atoms with Gasteiger partial charge in [0.1, 0.15) is 11.9 Å². The SMILES string of the molecule is N#Cc1cccnc1NCc1ccccc1N1CCCC1. The van der Waals surface area contributed by atoms with Gasteiger partial charge >= 0.3 is 0 Å². The molecule has 0 unspecified atom stereocenters. The average molecular weight is 278 g/mol. The quantitative estimate of drug-likeness (QED) is 0.933. The normalized spacial score (nSPS) is 14.0. The third-order valence-corrected chi connectivity index (χ3v) is 3.81. The number of anilines is 2.